The molecular formula is C24H10O6. The summed E-state index contributed by atoms with van der Waals surface area (Å²) >= 11 is 0. The summed E-state index contributed by atoms with van der Waals surface area (Å²) in [7, 11) is 0. The third kappa shape index (κ3) is 1.63. The fourth-order valence-electron chi connectivity index (χ4n) is 5.38. The van der Waals surface area contributed by atoms with Gasteiger partial charge < -0.3 is 9.47 Å². The van der Waals surface area contributed by atoms with E-state index in [4.69, 9.17) is 9.47 Å². The van der Waals surface area contributed by atoms with Crippen LogP contribution in [0.25, 0.3) is 16.7 Å². The number of hydrogen-bond donors (Lipinski definition) is 0. The zero-order valence-electron chi connectivity index (χ0n) is 15.3. The topological polar surface area (TPSA) is 86.7 Å². The zero-order valence-corrected chi connectivity index (χ0v) is 15.3. The van der Waals surface area contributed by atoms with Crippen molar-refractivity contribution in [1.82, 2.24) is 0 Å². The molecule has 1 aromatic rings. The molecule has 1 aromatic carbocycles. The molecule has 6 heteroatoms. The van der Waals surface area contributed by atoms with Gasteiger partial charge in [0.15, 0.2) is 0 Å². The number of hydrogen-bond acceptors (Lipinski definition) is 6. The third-order valence-electron chi connectivity index (χ3n) is 6.55. The van der Waals surface area contributed by atoms with Gasteiger partial charge in [0.1, 0.15) is 0 Å². The number of fused-ring (bicyclic) bond motifs is 1. The standard InChI is InChI=1S/C24H10O6/c25-21-13-5-1-9-10-2-6-15-20-16(24(28)30-23(15)27)8-4-12(18(10)20)11-3-7-14(22(26)29-21)19(13)17(9)11/h1-3,5-8,17H,4H2. The Labute approximate surface area is 169 Å². The van der Waals surface area contributed by atoms with Gasteiger partial charge in [0.05, 0.1) is 22.3 Å². The average Bonchev–Trinajstić information content (AvgIpc) is 2.74. The highest BCUT2D eigenvalue weighted by Gasteiger charge is 2.46. The lowest BCUT2D eigenvalue weighted by molar-refractivity contribution is -0.154. The first-order chi connectivity index (χ1) is 14.5. The summed E-state index contributed by atoms with van der Waals surface area (Å²) < 4.78 is 9.79. The van der Waals surface area contributed by atoms with E-state index in [9.17, 15) is 19.2 Å². The zero-order chi connectivity index (χ0) is 20.3. The van der Waals surface area contributed by atoms with Crippen LogP contribution in [0.2, 0.25) is 0 Å². The molecule has 0 radical (unpaired) electrons. The number of rotatable bonds is 0. The SMILES string of the molecule is O=C1OC(=O)C2=C3C1=CC=C1c4ccc5c6c4C(=C(C=C2)C13)CC=C6C(=O)OC5=O. The van der Waals surface area contributed by atoms with E-state index in [1.165, 1.54) is 0 Å². The van der Waals surface area contributed by atoms with Gasteiger partial charge in [-0.25, -0.2) is 19.2 Å². The molecule has 30 heavy (non-hydrogen) atoms. The van der Waals surface area contributed by atoms with Crippen molar-refractivity contribution in [1.29, 1.82) is 0 Å². The van der Waals surface area contributed by atoms with Crippen LogP contribution < -0.4 is 0 Å². The molecular weight excluding hydrogens is 384 g/mol. The maximum atomic E-state index is 12.3. The average molecular weight is 394 g/mol. The number of carbonyl (C=O) groups is 4. The largest absolute Gasteiger partial charge is 0.386 e. The molecule has 0 aromatic heterocycles. The van der Waals surface area contributed by atoms with E-state index >= 15 is 0 Å². The van der Waals surface area contributed by atoms with Crippen LogP contribution >= 0.6 is 0 Å². The summed E-state index contributed by atoms with van der Waals surface area (Å²) in [5, 5.41) is 0. The highest BCUT2D eigenvalue weighted by atomic mass is 16.6. The van der Waals surface area contributed by atoms with Crippen LogP contribution in [0, 0.1) is 5.92 Å². The van der Waals surface area contributed by atoms with Crippen molar-refractivity contribution < 1.29 is 28.7 Å². The maximum Gasteiger partial charge on any atom is 0.346 e. The summed E-state index contributed by atoms with van der Waals surface area (Å²) in [4.78, 5) is 49.4. The van der Waals surface area contributed by atoms with Crippen LogP contribution in [-0.4, -0.2) is 23.9 Å². The number of allylic oxidation sites excluding steroid dienone is 7. The van der Waals surface area contributed by atoms with Crippen LogP contribution in [0.15, 0.2) is 64.8 Å². The van der Waals surface area contributed by atoms with Crippen LogP contribution in [0.5, 0.6) is 0 Å². The van der Waals surface area contributed by atoms with Gasteiger partial charge in [0.25, 0.3) is 0 Å². The van der Waals surface area contributed by atoms with Crippen molar-refractivity contribution in [3.63, 3.8) is 0 Å². The molecule has 0 fully saturated rings. The first-order valence-corrected chi connectivity index (χ1v) is 9.53. The Morgan fingerprint density at radius 3 is 2.40 bits per heavy atom. The quantitative estimate of drug-likeness (QED) is 0.497. The van der Waals surface area contributed by atoms with E-state index in [0.717, 1.165) is 27.8 Å². The van der Waals surface area contributed by atoms with Gasteiger partial charge in [0, 0.05) is 11.5 Å². The minimum atomic E-state index is -0.645. The Kier molecular flexibility index (Phi) is 2.59. The first-order valence-electron chi connectivity index (χ1n) is 9.53. The van der Waals surface area contributed by atoms with Crippen molar-refractivity contribution in [3.8, 4) is 0 Å². The molecule has 142 valence electrons. The van der Waals surface area contributed by atoms with Crippen molar-refractivity contribution in [2.75, 3.05) is 0 Å². The number of ether oxygens (including phenoxy) is 2. The molecule has 2 heterocycles. The van der Waals surface area contributed by atoms with Gasteiger partial charge in [-0.15, -0.1) is 0 Å². The Morgan fingerprint density at radius 1 is 0.767 bits per heavy atom. The number of carbonyl (C=O) groups excluding carboxylic acids is 4. The lowest BCUT2D eigenvalue weighted by Crippen LogP contribution is -2.34. The highest BCUT2D eigenvalue weighted by Crippen LogP contribution is 2.56. The van der Waals surface area contributed by atoms with Crippen molar-refractivity contribution in [3.05, 3.63) is 87.1 Å². The van der Waals surface area contributed by atoms with Gasteiger partial charge in [-0.2, -0.15) is 0 Å². The van der Waals surface area contributed by atoms with Crippen LogP contribution in [-0.2, 0) is 23.9 Å². The predicted molar refractivity (Wildman–Crippen MR) is 103 cm³/mol. The number of cyclic esters (lactones) is 4. The van der Waals surface area contributed by atoms with E-state index in [1.807, 2.05) is 18.2 Å². The lowest BCUT2D eigenvalue weighted by Gasteiger charge is -2.41. The molecule has 0 saturated carbocycles. The summed E-state index contributed by atoms with van der Waals surface area (Å²) in [6.45, 7) is 0. The van der Waals surface area contributed by atoms with Crippen molar-refractivity contribution in [2.24, 2.45) is 5.92 Å². The van der Waals surface area contributed by atoms with Crippen molar-refractivity contribution >= 4 is 40.6 Å². The van der Waals surface area contributed by atoms with Crippen LogP contribution in [0.1, 0.15) is 33.5 Å². The van der Waals surface area contributed by atoms with E-state index in [0.29, 0.717) is 39.8 Å². The van der Waals surface area contributed by atoms with Gasteiger partial charge in [-0.05, 0) is 58.1 Å². The molecule has 0 spiro atoms. The van der Waals surface area contributed by atoms with Gasteiger partial charge in [-0.3, -0.25) is 0 Å². The smallest absolute Gasteiger partial charge is 0.346 e. The van der Waals surface area contributed by atoms with E-state index in [-0.39, 0.29) is 5.92 Å². The summed E-state index contributed by atoms with van der Waals surface area (Å²) in [6.07, 6.45) is 9.41. The molecule has 0 amide bonds. The molecule has 0 bridgehead atoms. The summed E-state index contributed by atoms with van der Waals surface area (Å²) in [5.74, 6) is -2.80. The monoisotopic (exact) mass is 394 g/mol. The van der Waals surface area contributed by atoms with E-state index < -0.39 is 23.9 Å². The van der Waals surface area contributed by atoms with Gasteiger partial charge in [-0.1, -0.05) is 24.3 Å². The summed E-state index contributed by atoms with van der Waals surface area (Å²) in [6, 6.07) is 3.54. The molecule has 4 aliphatic carbocycles. The molecule has 6 nitrogen and oxygen atoms in total. The second kappa shape index (κ2) is 4.91. The molecule has 0 saturated heterocycles. The Bertz CT molecular complexity index is 1420. The summed E-state index contributed by atoms with van der Waals surface area (Å²) in [5.41, 5.74) is 7.52. The van der Waals surface area contributed by atoms with E-state index in [1.54, 1.807) is 24.3 Å². The van der Waals surface area contributed by atoms with Crippen LogP contribution in [0.3, 0.4) is 0 Å². The number of benzene rings is 1. The molecule has 6 aliphatic rings. The minimum Gasteiger partial charge on any atom is -0.386 e. The van der Waals surface area contributed by atoms with Gasteiger partial charge >= 0.3 is 23.9 Å². The Morgan fingerprint density at radius 2 is 1.53 bits per heavy atom. The third-order valence-corrected chi connectivity index (χ3v) is 6.55. The van der Waals surface area contributed by atoms with Crippen LogP contribution in [0.4, 0.5) is 0 Å². The Hall–Kier alpha value is -4.06. The predicted octanol–water partition coefficient (Wildman–Crippen LogP) is 2.83. The van der Waals surface area contributed by atoms with E-state index in [2.05, 4.69) is 0 Å². The fourth-order valence-corrected chi connectivity index (χ4v) is 5.38. The highest BCUT2D eigenvalue weighted by molar-refractivity contribution is 6.29. The molecule has 1 unspecified atom stereocenters. The minimum absolute atomic E-state index is 0.261. The van der Waals surface area contributed by atoms with Gasteiger partial charge in [0.2, 0.25) is 0 Å². The second-order valence-corrected chi connectivity index (χ2v) is 7.82. The van der Waals surface area contributed by atoms with Crippen molar-refractivity contribution in [2.45, 2.75) is 6.42 Å². The fraction of sp³-hybridized carbons (Fsp3) is 0.0833. The first kappa shape index (κ1) is 15.8. The second-order valence-electron chi connectivity index (χ2n) is 7.82. The molecule has 2 aliphatic heterocycles. The maximum absolute atomic E-state index is 12.3. The lowest BCUT2D eigenvalue weighted by atomic mass is 9.62. The number of esters is 4. The Balaban J connectivity index is 1.61. The molecule has 7 rings (SSSR count). The molecule has 0 N–H and O–H groups in total. The molecule has 1 atom stereocenters. The normalized spacial score (nSPS) is 24.5.